The van der Waals surface area contributed by atoms with Crippen LogP contribution >= 0.6 is 19.8 Å². The maximum absolute atomic E-state index is 13.3. The Kier molecular flexibility index (Phi) is 13.0. The SMILES string of the molecule is COCI(C)c1ccc(CCCCNC(=O)n2c(=O)oc3cc(-c4ccc(CCCCNC(=O)n5c(=O)oc6cc(-c7ccc(F)cc7)ccc65)cc4)ccc32)cc1. The van der Waals surface area contributed by atoms with Gasteiger partial charge in [-0.15, -0.1) is 0 Å². The van der Waals surface area contributed by atoms with Gasteiger partial charge in [0.1, 0.15) is 5.82 Å². The second-order valence-electron chi connectivity index (χ2n) is 14.0. The number of benzene rings is 5. The van der Waals surface area contributed by atoms with Gasteiger partial charge in [0.25, 0.3) is 0 Å². The first-order valence-electron chi connectivity index (χ1n) is 19.0. The van der Waals surface area contributed by atoms with Crippen molar-refractivity contribution in [3.05, 3.63) is 151 Å². The van der Waals surface area contributed by atoms with Gasteiger partial charge in [0.15, 0.2) is 11.2 Å². The van der Waals surface area contributed by atoms with Gasteiger partial charge in [-0.1, -0.05) is 48.5 Å². The molecule has 0 saturated heterocycles. The zero-order valence-electron chi connectivity index (χ0n) is 32.3. The van der Waals surface area contributed by atoms with Crippen molar-refractivity contribution in [1.29, 1.82) is 0 Å². The molecule has 0 bridgehead atoms. The maximum atomic E-state index is 13.3. The summed E-state index contributed by atoms with van der Waals surface area (Å²) < 4.78 is 33.7. The number of hydrogen-bond donors (Lipinski definition) is 2. The van der Waals surface area contributed by atoms with Gasteiger partial charge < -0.3 is 14.2 Å². The van der Waals surface area contributed by atoms with Gasteiger partial charge >= 0.3 is 144 Å². The van der Waals surface area contributed by atoms with E-state index in [0.717, 1.165) is 73.7 Å². The molecule has 5 aromatic carbocycles. The molecule has 0 radical (unpaired) electrons. The summed E-state index contributed by atoms with van der Waals surface area (Å²) in [7, 11) is 1.75. The molecule has 2 N–H and O–H groups in total. The van der Waals surface area contributed by atoms with E-state index in [9.17, 15) is 23.6 Å². The molecule has 0 aliphatic rings. The van der Waals surface area contributed by atoms with Gasteiger partial charge in [-0.25, -0.2) is 18.8 Å². The van der Waals surface area contributed by atoms with Crippen LogP contribution in [0.5, 0.6) is 0 Å². The first-order valence-corrected chi connectivity index (χ1v) is 23.8. The van der Waals surface area contributed by atoms with Crippen LogP contribution in [0, 0.1) is 9.39 Å². The molecule has 7 aromatic rings. The predicted octanol–water partition coefficient (Wildman–Crippen LogP) is 9.05. The van der Waals surface area contributed by atoms with Crippen molar-refractivity contribution >= 4 is 54.1 Å². The molecule has 11 nitrogen and oxygen atoms in total. The number of amides is 2. The quantitative estimate of drug-likeness (QED) is 0.0595. The van der Waals surface area contributed by atoms with E-state index in [2.05, 4.69) is 39.8 Å². The first-order chi connectivity index (χ1) is 28.2. The molecule has 300 valence electrons. The minimum absolute atomic E-state index is 0.265. The number of fused-ring (bicyclic) bond motifs is 2. The van der Waals surface area contributed by atoms with Crippen LogP contribution in [0.2, 0.25) is 0 Å². The number of aromatic nitrogens is 2. The summed E-state index contributed by atoms with van der Waals surface area (Å²) >= 11 is -1.23. The van der Waals surface area contributed by atoms with Crippen LogP contribution in [0.4, 0.5) is 14.0 Å². The number of aryl methyl sites for hydroxylation is 2. The van der Waals surface area contributed by atoms with Crippen LogP contribution in [0.3, 0.4) is 0 Å². The second-order valence-corrected chi connectivity index (χ2v) is 19.2. The Morgan fingerprint density at radius 2 is 1.05 bits per heavy atom. The minimum atomic E-state index is -1.23. The Hall–Kier alpha value is -5.80. The van der Waals surface area contributed by atoms with Crippen LogP contribution in [-0.2, 0) is 17.6 Å². The number of carbonyl (C=O) groups is 2. The number of nitrogens with zero attached hydrogens (tertiary/aromatic N) is 2. The number of hydrogen-bond acceptors (Lipinski definition) is 7. The number of ether oxygens (including phenoxy) is 1. The van der Waals surface area contributed by atoms with Gasteiger partial charge in [-0.2, -0.15) is 4.57 Å². The normalized spacial score (nSPS) is 11.6. The van der Waals surface area contributed by atoms with Crippen molar-refractivity contribution in [3.63, 3.8) is 0 Å². The molecule has 0 atom stereocenters. The average Bonchev–Trinajstić information content (AvgIpc) is 3.75. The van der Waals surface area contributed by atoms with Crippen LogP contribution in [0.1, 0.15) is 36.8 Å². The average molecular weight is 899 g/mol. The van der Waals surface area contributed by atoms with Crippen LogP contribution < -0.4 is 22.1 Å². The third-order valence-electron chi connectivity index (χ3n) is 9.93. The van der Waals surface area contributed by atoms with Gasteiger partial charge in [-0.05, 0) is 83.5 Å². The molecule has 0 fully saturated rings. The third-order valence-corrected chi connectivity index (χ3v) is 14.3. The summed E-state index contributed by atoms with van der Waals surface area (Å²) in [6.07, 6.45) is 4.88. The van der Waals surface area contributed by atoms with Crippen molar-refractivity contribution in [1.82, 2.24) is 19.8 Å². The number of oxazole rings is 2. The van der Waals surface area contributed by atoms with E-state index >= 15 is 0 Å². The second kappa shape index (κ2) is 18.6. The molecule has 58 heavy (non-hydrogen) atoms. The molecule has 0 unspecified atom stereocenters. The molecule has 13 heteroatoms. The van der Waals surface area contributed by atoms with Crippen molar-refractivity contribution in [3.8, 4) is 22.3 Å². The Balaban J connectivity index is 0.860. The molecule has 2 aromatic heterocycles. The number of methoxy groups -OCH3 is 1. The Morgan fingerprint density at radius 3 is 1.52 bits per heavy atom. The molecule has 0 spiro atoms. The molecule has 2 heterocycles. The molecule has 0 aliphatic carbocycles. The van der Waals surface area contributed by atoms with Crippen LogP contribution in [0.25, 0.3) is 44.5 Å². The van der Waals surface area contributed by atoms with Crippen molar-refractivity contribution in [2.75, 3.05) is 29.7 Å². The summed E-state index contributed by atoms with van der Waals surface area (Å²) in [5.41, 5.74) is 7.00. The van der Waals surface area contributed by atoms with Gasteiger partial charge in [0.05, 0.1) is 5.52 Å². The van der Waals surface area contributed by atoms with Gasteiger partial charge in [0.2, 0.25) is 0 Å². The van der Waals surface area contributed by atoms with Gasteiger partial charge in [0, 0.05) is 6.54 Å². The summed E-state index contributed by atoms with van der Waals surface area (Å²) in [6.45, 7) is 0.818. The van der Waals surface area contributed by atoms with E-state index in [0.29, 0.717) is 36.1 Å². The fraction of sp³-hybridized carbons (Fsp3) is 0.244. The first kappa shape index (κ1) is 40.4. The Labute approximate surface area is 341 Å². The number of nitrogens with one attached hydrogen (secondary N) is 2. The standard InChI is InChI=1S/C45H44FIN4O7/c1-47(29-56-2)37-21-11-31(12-22-37)8-4-6-26-49-43(53)50-38-23-17-34(27-40(38)57-44(50)54)32-13-9-30(10-14-32)7-3-5-25-48-42(52)51-39-24-18-35(28-41(39)58-45(51)55)33-15-19-36(46)20-16-33/h9-24,27-28H,3-8,25-26,29H2,1-2H3,(H,48,52)(H,49,53). The number of carbonyl (C=O) groups excluding carboxylic acids is 2. The summed E-state index contributed by atoms with van der Waals surface area (Å²) in [4.78, 5) is 53.5. The van der Waals surface area contributed by atoms with Crippen molar-refractivity contribution in [2.24, 2.45) is 0 Å². The van der Waals surface area contributed by atoms with E-state index in [1.54, 1.807) is 49.6 Å². The number of halogens is 2. The van der Waals surface area contributed by atoms with Crippen molar-refractivity contribution < 1.29 is 27.6 Å². The summed E-state index contributed by atoms with van der Waals surface area (Å²) in [5, 5.41) is 5.66. The molecular weight excluding hydrogens is 854 g/mol. The molecule has 7 rings (SSSR count). The van der Waals surface area contributed by atoms with E-state index in [1.165, 1.54) is 21.3 Å². The Bertz CT molecular complexity index is 2650. The number of rotatable bonds is 15. The third kappa shape index (κ3) is 9.48. The zero-order valence-corrected chi connectivity index (χ0v) is 34.4. The van der Waals surface area contributed by atoms with Crippen LogP contribution in [-0.4, -0.2) is 50.9 Å². The van der Waals surface area contributed by atoms with Crippen molar-refractivity contribution in [2.45, 2.75) is 38.5 Å². The Morgan fingerprint density at radius 1 is 0.621 bits per heavy atom. The topological polar surface area (TPSA) is 138 Å². The van der Waals surface area contributed by atoms with Gasteiger partial charge in [-0.3, -0.25) is 0 Å². The number of alkyl halides is 2. The molecule has 0 aliphatic heterocycles. The summed E-state index contributed by atoms with van der Waals surface area (Å²) in [5.74, 6) is -1.86. The fourth-order valence-corrected chi connectivity index (χ4v) is 9.72. The predicted molar refractivity (Wildman–Crippen MR) is 232 cm³/mol. The van der Waals surface area contributed by atoms with E-state index < -0.39 is 43.4 Å². The molecule has 0 saturated carbocycles. The zero-order chi connectivity index (χ0) is 40.6. The van der Waals surface area contributed by atoms with E-state index in [1.807, 2.05) is 30.3 Å². The molecule has 2 amide bonds. The van der Waals surface area contributed by atoms with E-state index in [-0.39, 0.29) is 11.4 Å². The summed E-state index contributed by atoms with van der Waals surface area (Å²) in [6, 6.07) is 32.1. The molecular formula is C45H44FIN4O7. The monoisotopic (exact) mass is 898 g/mol. The van der Waals surface area contributed by atoms with Crippen LogP contribution in [0.15, 0.2) is 128 Å². The number of unbranched alkanes of at least 4 members (excludes halogenated alkanes) is 2. The fourth-order valence-electron chi connectivity index (χ4n) is 6.84. The van der Waals surface area contributed by atoms with E-state index in [4.69, 9.17) is 13.6 Å².